The summed E-state index contributed by atoms with van der Waals surface area (Å²) in [5, 5.41) is 11.0. The van der Waals surface area contributed by atoms with Gasteiger partial charge in [-0.05, 0) is 26.0 Å². The van der Waals surface area contributed by atoms with Crippen molar-refractivity contribution in [3.05, 3.63) is 30.3 Å². The second-order valence-corrected chi connectivity index (χ2v) is 4.49. The summed E-state index contributed by atoms with van der Waals surface area (Å²) >= 11 is 0. The predicted molar refractivity (Wildman–Crippen MR) is 66.5 cm³/mol. The minimum absolute atomic E-state index is 0.263. The quantitative estimate of drug-likeness (QED) is 0.841. The van der Waals surface area contributed by atoms with E-state index in [1.807, 2.05) is 44.2 Å². The highest BCUT2D eigenvalue weighted by Gasteiger charge is 2.18. The number of rotatable bonds is 4. The lowest BCUT2D eigenvalue weighted by Gasteiger charge is -2.22. The van der Waals surface area contributed by atoms with E-state index in [2.05, 4.69) is 15.5 Å². The van der Waals surface area contributed by atoms with E-state index >= 15 is 0 Å². The maximum atomic E-state index is 5.62. The average Bonchev–Trinajstić information content (AvgIpc) is 2.78. The zero-order chi connectivity index (χ0) is 12.3. The van der Waals surface area contributed by atoms with Gasteiger partial charge in [-0.15, -0.1) is 5.10 Å². The minimum atomic E-state index is -0.263. The van der Waals surface area contributed by atoms with E-state index in [-0.39, 0.29) is 5.54 Å². The third kappa shape index (κ3) is 2.82. The van der Waals surface area contributed by atoms with Crippen molar-refractivity contribution in [3.8, 4) is 11.5 Å². The van der Waals surface area contributed by atoms with Crippen molar-refractivity contribution in [2.45, 2.75) is 19.4 Å². The highest BCUT2D eigenvalue weighted by atomic mass is 16.4. The Kier molecular flexibility index (Phi) is 3.10. The molecule has 0 saturated carbocycles. The van der Waals surface area contributed by atoms with Crippen LogP contribution in [0.5, 0.6) is 0 Å². The Hall–Kier alpha value is -1.88. The van der Waals surface area contributed by atoms with Gasteiger partial charge in [-0.2, -0.15) is 0 Å². The average molecular weight is 232 g/mol. The highest BCUT2D eigenvalue weighted by molar-refractivity contribution is 5.52. The SMILES string of the molecule is CC(C)(CN)Nc1nnc(-c2ccccc2)o1. The molecule has 0 saturated heterocycles. The van der Waals surface area contributed by atoms with Crippen LogP contribution in [0.2, 0.25) is 0 Å². The summed E-state index contributed by atoms with van der Waals surface area (Å²) in [6, 6.07) is 10.0. The van der Waals surface area contributed by atoms with Crippen molar-refractivity contribution in [3.63, 3.8) is 0 Å². The second kappa shape index (κ2) is 4.55. The van der Waals surface area contributed by atoms with Gasteiger partial charge in [-0.3, -0.25) is 0 Å². The fourth-order valence-corrected chi connectivity index (χ4v) is 1.31. The molecule has 0 spiro atoms. The number of hydrogen-bond acceptors (Lipinski definition) is 5. The lowest BCUT2D eigenvalue weighted by molar-refractivity contribution is 0.518. The third-order valence-corrected chi connectivity index (χ3v) is 2.40. The molecule has 17 heavy (non-hydrogen) atoms. The molecule has 1 aromatic heterocycles. The summed E-state index contributed by atoms with van der Waals surface area (Å²) in [5.74, 6) is 0.501. The second-order valence-electron chi connectivity index (χ2n) is 4.49. The fraction of sp³-hybridized carbons (Fsp3) is 0.333. The molecule has 0 unspecified atom stereocenters. The standard InChI is InChI=1S/C12H16N4O/c1-12(2,8-13)14-11-16-15-10(17-11)9-6-4-3-5-7-9/h3-7H,8,13H2,1-2H3,(H,14,16). The lowest BCUT2D eigenvalue weighted by atomic mass is 10.1. The third-order valence-electron chi connectivity index (χ3n) is 2.40. The van der Waals surface area contributed by atoms with Gasteiger partial charge in [0.1, 0.15) is 0 Å². The van der Waals surface area contributed by atoms with Gasteiger partial charge in [-0.25, -0.2) is 0 Å². The minimum Gasteiger partial charge on any atom is -0.403 e. The van der Waals surface area contributed by atoms with Crippen LogP contribution in [-0.2, 0) is 0 Å². The van der Waals surface area contributed by atoms with E-state index < -0.39 is 0 Å². The summed E-state index contributed by atoms with van der Waals surface area (Å²) in [4.78, 5) is 0. The fourth-order valence-electron chi connectivity index (χ4n) is 1.31. The van der Waals surface area contributed by atoms with Crippen LogP contribution in [0.1, 0.15) is 13.8 Å². The van der Waals surface area contributed by atoms with Gasteiger partial charge in [0, 0.05) is 17.6 Å². The summed E-state index contributed by atoms with van der Waals surface area (Å²) in [7, 11) is 0. The van der Waals surface area contributed by atoms with Crippen LogP contribution in [0.15, 0.2) is 34.7 Å². The zero-order valence-electron chi connectivity index (χ0n) is 9.97. The van der Waals surface area contributed by atoms with Gasteiger partial charge in [0.2, 0.25) is 5.89 Å². The Morgan fingerprint density at radius 2 is 1.94 bits per heavy atom. The van der Waals surface area contributed by atoms with Crippen LogP contribution in [0.25, 0.3) is 11.5 Å². The first-order valence-corrected chi connectivity index (χ1v) is 5.48. The number of nitrogens with one attached hydrogen (secondary N) is 1. The molecule has 0 radical (unpaired) electrons. The highest BCUT2D eigenvalue weighted by Crippen LogP contribution is 2.20. The zero-order valence-corrected chi connectivity index (χ0v) is 9.97. The number of anilines is 1. The van der Waals surface area contributed by atoms with Crippen LogP contribution >= 0.6 is 0 Å². The molecule has 1 heterocycles. The molecule has 0 aliphatic heterocycles. The molecule has 5 nitrogen and oxygen atoms in total. The van der Waals surface area contributed by atoms with Crippen molar-refractivity contribution in [2.75, 3.05) is 11.9 Å². The lowest BCUT2D eigenvalue weighted by Crippen LogP contribution is -2.39. The molecule has 2 aromatic rings. The molecule has 0 aliphatic carbocycles. The first-order chi connectivity index (χ1) is 8.11. The Balaban J connectivity index is 2.17. The number of nitrogens with zero attached hydrogens (tertiary/aromatic N) is 2. The molecule has 0 bridgehead atoms. The number of hydrogen-bond donors (Lipinski definition) is 2. The van der Waals surface area contributed by atoms with Gasteiger partial charge in [0.15, 0.2) is 0 Å². The van der Waals surface area contributed by atoms with Gasteiger partial charge in [-0.1, -0.05) is 23.3 Å². The van der Waals surface area contributed by atoms with Crippen molar-refractivity contribution < 1.29 is 4.42 Å². The van der Waals surface area contributed by atoms with E-state index in [1.165, 1.54) is 0 Å². The Labute approximate surface area is 100 Å². The van der Waals surface area contributed by atoms with Gasteiger partial charge in [0.05, 0.1) is 0 Å². The molecule has 0 amide bonds. The molecular weight excluding hydrogens is 216 g/mol. The van der Waals surface area contributed by atoms with E-state index in [9.17, 15) is 0 Å². The van der Waals surface area contributed by atoms with Crippen molar-refractivity contribution >= 4 is 6.01 Å². The topological polar surface area (TPSA) is 77.0 Å². The molecular formula is C12H16N4O. The van der Waals surface area contributed by atoms with E-state index in [1.54, 1.807) is 0 Å². The Bertz CT molecular complexity index is 478. The largest absolute Gasteiger partial charge is 0.403 e. The van der Waals surface area contributed by atoms with Crippen molar-refractivity contribution in [1.29, 1.82) is 0 Å². The smallest absolute Gasteiger partial charge is 0.316 e. The molecule has 2 rings (SSSR count). The Morgan fingerprint density at radius 1 is 1.24 bits per heavy atom. The van der Waals surface area contributed by atoms with E-state index in [4.69, 9.17) is 10.2 Å². The first kappa shape index (κ1) is 11.6. The van der Waals surface area contributed by atoms with Gasteiger partial charge < -0.3 is 15.5 Å². The predicted octanol–water partition coefficient (Wildman–Crippen LogP) is 1.89. The summed E-state index contributed by atoms with van der Waals surface area (Å²) in [5.41, 5.74) is 6.26. The van der Waals surface area contributed by atoms with Crippen LogP contribution in [0, 0.1) is 0 Å². The monoisotopic (exact) mass is 232 g/mol. The molecule has 5 heteroatoms. The van der Waals surface area contributed by atoms with Crippen molar-refractivity contribution in [1.82, 2.24) is 10.2 Å². The van der Waals surface area contributed by atoms with Gasteiger partial charge in [0.25, 0.3) is 0 Å². The summed E-state index contributed by atoms with van der Waals surface area (Å²) < 4.78 is 5.52. The molecule has 1 aromatic carbocycles. The van der Waals surface area contributed by atoms with Crippen molar-refractivity contribution in [2.24, 2.45) is 5.73 Å². The maximum Gasteiger partial charge on any atom is 0.316 e. The molecule has 0 fully saturated rings. The van der Waals surface area contributed by atoms with Gasteiger partial charge >= 0.3 is 6.01 Å². The first-order valence-electron chi connectivity index (χ1n) is 5.48. The van der Waals surface area contributed by atoms with E-state index in [0.29, 0.717) is 18.5 Å². The van der Waals surface area contributed by atoms with Crippen LogP contribution in [-0.4, -0.2) is 22.3 Å². The number of aromatic nitrogens is 2. The number of nitrogens with two attached hydrogens (primary N) is 1. The maximum absolute atomic E-state index is 5.62. The number of benzene rings is 1. The summed E-state index contributed by atoms with van der Waals surface area (Å²) in [6.45, 7) is 4.43. The normalized spacial score (nSPS) is 11.5. The van der Waals surface area contributed by atoms with Crippen LogP contribution < -0.4 is 11.1 Å². The summed E-state index contributed by atoms with van der Waals surface area (Å²) in [6.07, 6.45) is 0. The van der Waals surface area contributed by atoms with E-state index in [0.717, 1.165) is 5.56 Å². The molecule has 90 valence electrons. The molecule has 0 atom stereocenters. The molecule has 0 aliphatic rings. The molecule has 3 N–H and O–H groups in total. The van der Waals surface area contributed by atoms with Crippen LogP contribution in [0.4, 0.5) is 6.01 Å². The van der Waals surface area contributed by atoms with Crippen LogP contribution in [0.3, 0.4) is 0 Å². The Morgan fingerprint density at radius 3 is 2.59 bits per heavy atom.